The Bertz CT molecular complexity index is 1370. The van der Waals surface area contributed by atoms with Crippen LogP contribution >= 0.6 is 23.2 Å². The molecule has 0 saturated carbocycles. The number of hydrogen-bond acceptors (Lipinski definition) is 4. The predicted octanol–water partition coefficient (Wildman–Crippen LogP) is 7.06. The van der Waals surface area contributed by atoms with Crippen LogP contribution in [0.4, 0.5) is 10.1 Å². The van der Waals surface area contributed by atoms with Gasteiger partial charge >= 0.3 is 0 Å². The lowest BCUT2D eigenvalue weighted by atomic mass is 9.85. The van der Waals surface area contributed by atoms with Crippen LogP contribution in [-0.4, -0.2) is 23.9 Å². The molecule has 8 heteroatoms. The fourth-order valence-corrected chi connectivity index (χ4v) is 4.76. The first-order valence-electron chi connectivity index (χ1n) is 11.1. The van der Waals surface area contributed by atoms with Crippen LogP contribution in [0.1, 0.15) is 43.5 Å². The van der Waals surface area contributed by atoms with Gasteiger partial charge in [0, 0.05) is 15.7 Å². The van der Waals surface area contributed by atoms with Crippen LogP contribution < -0.4 is 9.64 Å². The van der Waals surface area contributed by atoms with E-state index in [1.807, 2.05) is 26.8 Å². The molecule has 0 radical (unpaired) electrons. The molecule has 1 unspecified atom stereocenters. The van der Waals surface area contributed by atoms with Gasteiger partial charge in [0.15, 0.2) is 0 Å². The Morgan fingerprint density at radius 3 is 2.14 bits per heavy atom. The molecule has 36 heavy (non-hydrogen) atoms. The molecule has 0 aliphatic carbocycles. The van der Waals surface area contributed by atoms with Gasteiger partial charge in [-0.05, 0) is 59.0 Å². The summed E-state index contributed by atoms with van der Waals surface area (Å²) in [6.07, 6.45) is 0. The first kappa shape index (κ1) is 25.7. The molecule has 0 aromatic heterocycles. The fraction of sp³-hybridized carbons (Fsp3) is 0.214. The minimum atomic E-state index is -1.07. The molecule has 1 aliphatic heterocycles. The first-order chi connectivity index (χ1) is 16.9. The number of aliphatic hydroxyl groups excluding tert-OH is 1. The van der Waals surface area contributed by atoms with Crippen molar-refractivity contribution in [3.05, 3.63) is 98.8 Å². The van der Waals surface area contributed by atoms with Crippen molar-refractivity contribution in [1.82, 2.24) is 0 Å². The zero-order valence-electron chi connectivity index (χ0n) is 20.1. The van der Waals surface area contributed by atoms with E-state index < -0.39 is 29.3 Å². The zero-order valence-corrected chi connectivity index (χ0v) is 21.6. The highest BCUT2D eigenvalue weighted by molar-refractivity contribution is 6.52. The summed E-state index contributed by atoms with van der Waals surface area (Å²) >= 11 is 12.4. The summed E-state index contributed by atoms with van der Waals surface area (Å²) in [6.45, 7) is 6.04. The van der Waals surface area contributed by atoms with Crippen LogP contribution in [0.3, 0.4) is 0 Å². The van der Waals surface area contributed by atoms with Gasteiger partial charge in [-0.1, -0.05) is 62.2 Å². The lowest BCUT2D eigenvalue weighted by molar-refractivity contribution is -0.132. The number of carbonyl (C=O) groups is 2. The molecule has 1 aliphatic rings. The molecule has 1 amide bonds. The van der Waals surface area contributed by atoms with Gasteiger partial charge in [-0.2, -0.15) is 0 Å². The number of hydrogen-bond donors (Lipinski definition) is 1. The van der Waals surface area contributed by atoms with E-state index in [0.29, 0.717) is 11.3 Å². The average Bonchev–Trinajstić information content (AvgIpc) is 3.08. The summed E-state index contributed by atoms with van der Waals surface area (Å²) in [4.78, 5) is 28.0. The Labute approximate surface area is 218 Å². The number of ketones is 1. The number of halogens is 3. The van der Waals surface area contributed by atoms with E-state index >= 15 is 0 Å². The van der Waals surface area contributed by atoms with Crippen LogP contribution in [0.25, 0.3) is 5.76 Å². The Hall–Kier alpha value is -3.35. The molecule has 186 valence electrons. The number of ether oxygens (including phenoxy) is 1. The second kappa shape index (κ2) is 9.60. The molecule has 1 saturated heterocycles. The number of Topliss-reactive ketones (excluding diaryl/α,β-unsaturated/α-hetero) is 1. The van der Waals surface area contributed by atoms with Gasteiger partial charge < -0.3 is 9.84 Å². The molecule has 3 aromatic rings. The van der Waals surface area contributed by atoms with Crippen molar-refractivity contribution < 1.29 is 23.8 Å². The second-order valence-electron chi connectivity index (χ2n) is 9.51. The van der Waals surface area contributed by atoms with Crippen LogP contribution in [0.2, 0.25) is 10.0 Å². The summed E-state index contributed by atoms with van der Waals surface area (Å²) in [5, 5.41) is 12.1. The van der Waals surface area contributed by atoms with Crippen molar-refractivity contribution in [1.29, 1.82) is 0 Å². The van der Waals surface area contributed by atoms with Gasteiger partial charge in [0.1, 0.15) is 17.3 Å². The van der Waals surface area contributed by atoms with Gasteiger partial charge in [-0.25, -0.2) is 4.39 Å². The second-order valence-corrected chi connectivity index (χ2v) is 10.4. The summed E-state index contributed by atoms with van der Waals surface area (Å²) < 4.78 is 19.2. The van der Waals surface area contributed by atoms with Crippen molar-refractivity contribution in [3.8, 4) is 5.75 Å². The number of carbonyl (C=O) groups excluding carboxylic acids is 2. The summed E-state index contributed by atoms with van der Waals surface area (Å²) in [7, 11) is 1.45. The highest BCUT2D eigenvalue weighted by atomic mass is 35.5. The highest BCUT2D eigenvalue weighted by Crippen LogP contribution is 2.44. The van der Waals surface area contributed by atoms with Gasteiger partial charge in [-0.15, -0.1) is 0 Å². The van der Waals surface area contributed by atoms with E-state index in [-0.39, 0.29) is 32.3 Å². The summed E-state index contributed by atoms with van der Waals surface area (Å²) in [6, 6.07) is 14.1. The normalized spacial score (nSPS) is 17.5. The number of aliphatic hydroxyl groups is 1. The van der Waals surface area contributed by atoms with Crippen molar-refractivity contribution in [2.45, 2.75) is 32.2 Å². The van der Waals surface area contributed by atoms with E-state index in [4.69, 9.17) is 27.9 Å². The molecule has 1 N–H and O–H groups in total. The Morgan fingerprint density at radius 1 is 0.972 bits per heavy atom. The van der Waals surface area contributed by atoms with E-state index in [1.54, 1.807) is 12.1 Å². The maximum Gasteiger partial charge on any atom is 0.300 e. The van der Waals surface area contributed by atoms with Crippen molar-refractivity contribution >= 4 is 46.3 Å². The maximum atomic E-state index is 13.8. The Morgan fingerprint density at radius 2 is 1.58 bits per heavy atom. The smallest absolute Gasteiger partial charge is 0.300 e. The van der Waals surface area contributed by atoms with E-state index in [1.165, 1.54) is 54.5 Å². The number of amides is 1. The first-order valence-corrected chi connectivity index (χ1v) is 11.9. The van der Waals surface area contributed by atoms with Crippen molar-refractivity contribution in [2.75, 3.05) is 12.0 Å². The third-order valence-corrected chi connectivity index (χ3v) is 6.51. The van der Waals surface area contributed by atoms with E-state index in [9.17, 15) is 19.1 Å². The van der Waals surface area contributed by atoms with Crippen LogP contribution in [0.5, 0.6) is 5.75 Å². The molecule has 0 bridgehead atoms. The molecule has 1 heterocycles. The lowest BCUT2D eigenvalue weighted by Crippen LogP contribution is -2.29. The molecular formula is C28H24Cl2FNO4. The minimum Gasteiger partial charge on any atom is -0.507 e. The SMILES string of the molecule is COc1ccc(C(C)(C)C)cc1/C(O)=C1\C(=O)C(=O)N(c2cc(Cl)cc(Cl)c2)C1c1ccc(F)cc1. The molecule has 3 aromatic carbocycles. The molecule has 1 atom stereocenters. The fourth-order valence-electron chi connectivity index (χ4n) is 4.24. The molecule has 1 fully saturated rings. The number of anilines is 1. The van der Waals surface area contributed by atoms with Gasteiger partial charge in [0.25, 0.3) is 11.7 Å². The Balaban J connectivity index is 2.01. The minimum absolute atomic E-state index is 0.160. The third-order valence-electron chi connectivity index (χ3n) is 6.08. The van der Waals surface area contributed by atoms with Crippen LogP contribution in [-0.2, 0) is 15.0 Å². The van der Waals surface area contributed by atoms with Crippen LogP contribution in [0, 0.1) is 5.82 Å². The van der Waals surface area contributed by atoms with Gasteiger partial charge in [0.2, 0.25) is 0 Å². The van der Waals surface area contributed by atoms with E-state index in [0.717, 1.165) is 5.56 Å². The molecule has 0 spiro atoms. The Kier molecular flexibility index (Phi) is 6.86. The monoisotopic (exact) mass is 527 g/mol. The third kappa shape index (κ3) is 4.71. The number of rotatable bonds is 4. The summed E-state index contributed by atoms with van der Waals surface area (Å²) in [5.74, 6) is -2.34. The standard InChI is InChI=1S/C28H24Cl2FNO4/c1-28(2,3)16-7-10-22(36-4)21(11-16)25(33)23-24(15-5-8-19(31)9-6-15)32(27(35)26(23)34)20-13-17(29)12-18(30)14-20/h5-14,24,33H,1-4H3/b25-23+. The highest BCUT2D eigenvalue weighted by Gasteiger charge is 2.47. The predicted molar refractivity (Wildman–Crippen MR) is 139 cm³/mol. The van der Waals surface area contributed by atoms with Gasteiger partial charge in [-0.3, -0.25) is 14.5 Å². The quantitative estimate of drug-likeness (QED) is 0.224. The molecule has 4 rings (SSSR count). The van der Waals surface area contributed by atoms with Crippen LogP contribution in [0.15, 0.2) is 66.2 Å². The number of methoxy groups -OCH3 is 1. The summed E-state index contributed by atoms with van der Waals surface area (Å²) in [5.41, 5.74) is 1.41. The number of benzene rings is 3. The van der Waals surface area contributed by atoms with E-state index in [2.05, 4.69) is 0 Å². The average molecular weight is 528 g/mol. The van der Waals surface area contributed by atoms with Crippen molar-refractivity contribution in [3.63, 3.8) is 0 Å². The zero-order chi connectivity index (χ0) is 26.4. The molecular weight excluding hydrogens is 504 g/mol. The molecule has 5 nitrogen and oxygen atoms in total. The number of nitrogens with zero attached hydrogens (tertiary/aromatic N) is 1. The lowest BCUT2D eigenvalue weighted by Gasteiger charge is -2.26. The largest absolute Gasteiger partial charge is 0.507 e. The van der Waals surface area contributed by atoms with Gasteiger partial charge in [0.05, 0.1) is 24.3 Å². The maximum absolute atomic E-state index is 13.8. The van der Waals surface area contributed by atoms with Crippen molar-refractivity contribution in [2.24, 2.45) is 0 Å². The topological polar surface area (TPSA) is 66.8 Å².